The van der Waals surface area contributed by atoms with Crippen LogP contribution in [0.4, 0.5) is 5.82 Å². The normalized spacial score (nSPS) is 16.1. The first kappa shape index (κ1) is 22.2. The van der Waals surface area contributed by atoms with Crippen LogP contribution < -0.4 is 10.6 Å². The van der Waals surface area contributed by atoms with Gasteiger partial charge in [0, 0.05) is 17.7 Å². The maximum absolute atomic E-state index is 13.1. The summed E-state index contributed by atoms with van der Waals surface area (Å²) in [6.45, 7) is 2.11. The molecule has 0 saturated carbocycles. The number of aryl methyl sites for hydroxylation is 1. The highest BCUT2D eigenvalue weighted by Crippen LogP contribution is 2.28. The number of aromatic amines is 1. The Hall–Kier alpha value is -3.64. The molecule has 3 N–H and O–H groups in total. The zero-order valence-electron chi connectivity index (χ0n) is 19.4. The molecule has 2 aromatic heterocycles. The molecule has 2 heterocycles. The molecule has 0 spiro atoms. The van der Waals surface area contributed by atoms with E-state index in [4.69, 9.17) is 4.42 Å². The first-order valence-electron chi connectivity index (χ1n) is 12.0. The standard InChI is InChI=1S/C28H30N4O2/c1-2-6-25(28(33)30-27-17-26(31-32-27)20-7-4-3-5-8-20)29-24-12-11-19-9-10-21(15-23(19)16-24)22-13-14-34-18-22/h3-5,7-10,13-15,17-18,24-25,29H,2,6,11-12,16H2,1H3,(H2,30,31,32,33)/t24?,25-/m0/s1. The van der Waals surface area contributed by atoms with Crippen molar-refractivity contribution < 1.29 is 9.21 Å². The van der Waals surface area contributed by atoms with E-state index in [0.717, 1.165) is 48.9 Å². The molecule has 6 heteroatoms. The molecule has 0 bridgehead atoms. The van der Waals surface area contributed by atoms with Crippen LogP contribution in [0.3, 0.4) is 0 Å². The fraction of sp³-hybridized carbons (Fsp3) is 0.286. The minimum absolute atomic E-state index is 0.0362. The van der Waals surface area contributed by atoms with Gasteiger partial charge in [0.25, 0.3) is 0 Å². The van der Waals surface area contributed by atoms with Crippen molar-refractivity contribution in [1.29, 1.82) is 0 Å². The quantitative estimate of drug-likeness (QED) is 0.324. The van der Waals surface area contributed by atoms with Gasteiger partial charge in [-0.3, -0.25) is 9.89 Å². The smallest absolute Gasteiger partial charge is 0.242 e. The summed E-state index contributed by atoms with van der Waals surface area (Å²) in [6.07, 6.45) is 8.13. The number of rotatable bonds is 8. The van der Waals surface area contributed by atoms with Crippen molar-refractivity contribution in [3.05, 3.63) is 84.3 Å². The Bertz CT molecular complexity index is 1230. The highest BCUT2D eigenvalue weighted by Gasteiger charge is 2.25. The fourth-order valence-corrected chi connectivity index (χ4v) is 4.74. The number of carbonyl (C=O) groups is 1. The lowest BCUT2D eigenvalue weighted by molar-refractivity contribution is -0.118. The van der Waals surface area contributed by atoms with Gasteiger partial charge in [-0.15, -0.1) is 0 Å². The van der Waals surface area contributed by atoms with Gasteiger partial charge in [-0.25, -0.2) is 0 Å². The molecule has 6 nitrogen and oxygen atoms in total. The molecule has 0 fully saturated rings. The van der Waals surface area contributed by atoms with Crippen molar-refractivity contribution in [3.63, 3.8) is 0 Å². The summed E-state index contributed by atoms with van der Waals surface area (Å²) in [5.41, 5.74) is 6.92. The maximum atomic E-state index is 13.1. The SMILES string of the molecule is CCC[C@H](NC1CCc2ccc(-c3ccoc3)cc2C1)C(=O)Nc1cc(-c2ccccc2)[nH]n1. The minimum atomic E-state index is -0.259. The van der Waals surface area contributed by atoms with Crippen LogP contribution in [0.5, 0.6) is 0 Å². The molecule has 34 heavy (non-hydrogen) atoms. The van der Waals surface area contributed by atoms with E-state index in [-0.39, 0.29) is 18.0 Å². The van der Waals surface area contributed by atoms with Gasteiger partial charge in [0.1, 0.15) is 0 Å². The monoisotopic (exact) mass is 454 g/mol. The average Bonchev–Trinajstić information content (AvgIpc) is 3.57. The second kappa shape index (κ2) is 10.1. The number of carbonyl (C=O) groups excluding carboxylic acids is 1. The number of hydrogen-bond donors (Lipinski definition) is 3. The molecule has 5 rings (SSSR count). The third kappa shape index (κ3) is 4.97. The molecule has 174 valence electrons. The minimum Gasteiger partial charge on any atom is -0.472 e. The van der Waals surface area contributed by atoms with Crippen LogP contribution in [-0.4, -0.2) is 28.2 Å². The Balaban J connectivity index is 1.25. The summed E-state index contributed by atoms with van der Waals surface area (Å²) in [5, 5.41) is 14.0. The lowest BCUT2D eigenvalue weighted by atomic mass is 9.86. The number of benzene rings is 2. The largest absolute Gasteiger partial charge is 0.472 e. The first-order chi connectivity index (χ1) is 16.7. The van der Waals surface area contributed by atoms with E-state index >= 15 is 0 Å². The maximum Gasteiger partial charge on any atom is 0.242 e. The van der Waals surface area contributed by atoms with Crippen LogP contribution in [0.1, 0.15) is 37.3 Å². The Morgan fingerprint density at radius 1 is 1.09 bits per heavy atom. The van der Waals surface area contributed by atoms with Crippen LogP contribution in [0.15, 0.2) is 77.6 Å². The molecule has 0 aliphatic heterocycles. The highest BCUT2D eigenvalue weighted by molar-refractivity contribution is 5.94. The van der Waals surface area contributed by atoms with Crippen molar-refractivity contribution in [2.24, 2.45) is 0 Å². The molecule has 1 aliphatic carbocycles. The van der Waals surface area contributed by atoms with Crippen LogP contribution in [0.25, 0.3) is 22.4 Å². The number of hydrogen-bond acceptors (Lipinski definition) is 4. The lowest BCUT2D eigenvalue weighted by Gasteiger charge is -2.29. The highest BCUT2D eigenvalue weighted by atomic mass is 16.3. The molecule has 0 saturated heterocycles. The van der Waals surface area contributed by atoms with Crippen LogP contribution in [0.2, 0.25) is 0 Å². The van der Waals surface area contributed by atoms with Crippen molar-refractivity contribution in [2.45, 2.75) is 51.1 Å². The number of aromatic nitrogens is 2. The van der Waals surface area contributed by atoms with E-state index in [1.807, 2.05) is 42.5 Å². The second-order valence-electron chi connectivity index (χ2n) is 8.97. The molecule has 1 amide bonds. The Kier molecular flexibility index (Phi) is 6.58. The molecule has 2 atom stereocenters. The molecule has 4 aromatic rings. The van der Waals surface area contributed by atoms with E-state index in [2.05, 4.69) is 46.0 Å². The van der Waals surface area contributed by atoms with Crippen LogP contribution >= 0.6 is 0 Å². The van der Waals surface area contributed by atoms with Crippen LogP contribution in [-0.2, 0) is 17.6 Å². The van der Waals surface area contributed by atoms with E-state index in [9.17, 15) is 4.79 Å². The summed E-state index contributed by atoms with van der Waals surface area (Å²) in [7, 11) is 0. The Labute approximate surface area is 199 Å². The summed E-state index contributed by atoms with van der Waals surface area (Å²) < 4.78 is 5.25. The van der Waals surface area contributed by atoms with Gasteiger partial charge < -0.3 is 15.1 Å². The number of H-pyrrole nitrogens is 1. The summed E-state index contributed by atoms with van der Waals surface area (Å²) in [5.74, 6) is 0.511. The van der Waals surface area contributed by atoms with Gasteiger partial charge in [-0.2, -0.15) is 5.10 Å². The van der Waals surface area contributed by atoms with E-state index < -0.39 is 0 Å². The van der Waals surface area contributed by atoms with Gasteiger partial charge in [0.15, 0.2) is 5.82 Å². The lowest BCUT2D eigenvalue weighted by Crippen LogP contribution is -2.47. The first-order valence-corrected chi connectivity index (χ1v) is 12.0. The number of nitrogens with one attached hydrogen (secondary N) is 3. The number of anilines is 1. The summed E-state index contributed by atoms with van der Waals surface area (Å²) in [6, 6.07) is 20.5. The van der Waals surface area contributed by atoms with Gasteiger partial charge in [-0.1, -0.05) is 61.9 Å². The molecular formula is C28H30N4O2. The van der Waals surface area contributed by atoms with Gasteiger partial charge in [-0.05, 0) is 54.0 Å². The summed E-state index contributed by atoms with van der Waals surface area (Å²) >= 11 is 0. The van der Waals surface area contributed by atoms with E-state index in [0.29, 0.717) is 5.82 Å². The topological polar surface area (TPSA) is 83.0 Å². The molecule has 0 radical (unpaired) electrons. The van der Waals surface area contributed by atoms with Crippen molar-refractivity contribution in [2.75, 3.05) is 5.32 Å². The Morgan fingerprint density at radius 3 is 2.76 bits per heavy atom. The number of amides is 1. The Morgan fingerprint density at radius 2 is 1.97 bits per heavy atom. The number of nitrogens with zero attached hydrogens (tertiary/aromatic N) is 1. The van der Waals surface area contributed by atoms with Crippen LogP contribution in [0, 0.1) is 0 Å². The fourth-order valence-electron chi connectivity index (χ4n) is 4.74. The zero-order valence-corrected chi connectivity index (χ0v) is 19.4. The molecular weight excluding hydrogens is 424 g/mol. The third-order valence-corrected chi connectivity index (χ3v) is 6.53. The van der Waals surface area contributed by atoms with Gasteiger partial charge >= 0.3 is 0 Å². The third-order valence-electron chi connectivity index (χ3n) is 6.53. The molecule has 1 aliphatic rings. The number of fused-ring (bicyclic) bond motifs is 1. The van der Waals surface area contributed by atoms with E-state index in [1.54, 1.807) is 12.5 Å². The predicted octanol–water partition coefficient (Wildman–Crippen LogP) is 5.59. The molecule has 1 unspecified atom stereocenters. The number of furan rings is 1. The van der Waals surface area contributed by atoms with E-state index in [1.165, 1.54) is 16.7 Å². The van der Waals surface area contributed by atoms with Gasteiger partial charge in [0.05, 0.1) is 24.3 Å². The summed E-state index contributed by atoms with van der Waals surface area (Å²) in [4.78, 5) is 13.1. The van der Waals surface area contributed by atoms with Crippen molar-refractivity contribution in [1.82, 2.24) is 15.5 Å². The average molecular weight is 455 g/mol. The molecule has 2 aromatic carbocycles. The zero-order chi connectivity index (χ0) is 23.3. The predicted molar refractivity (Wildman–Crippen MR) is 134 cm³/mol. The van der Waals surface area contributed by atoms with Gasteiger partial charge in [0.2, 0.25) is 5.91 Å². The van der Waals surface area contributed by atoms with Crippen molar-refractivity contribution in [3.8, 4) is 22.4 Å². The second-order valence-corrected chi connectivity index (χ2v) is 8.97. The van der Waals surface area contributed by atoms with Crippen molar-refractivity contribution >= 4 is 11.7 Å².